The number of nitrogens with two attached hydrogens (primary N) is 1. The van der Waals surface area contributed by atoms with E-state index in [-0.39, 0.29) is 6.04 Å². The average Bonchev–Trinajstić information content (AvgIpc) is 2.81. The van der Waals surface area contributed by atoms with Gasteiger partial charge < -0.3 is 10.6 Å². The Bertz CT molecular complexity index is 626. The molecule has 0 aromatic heterocycles. The van der Waals surface area contributed by atoms with Crippen LogP contribution in [0.2, 0.25) is 0 Å². The van der Waals surface area contributed by atoms with Gasteiger partial charge in [-0.2, -0.15) is 0 Å². The van der Waals surface area contributed by atoms with Gasteiger partial charge in [-0.25, -0.2) is 0 Å². The fourth-order valence-electron chi connectivity index (χ4n) is 2.97. The van der Waals surface area contributed by atoms with E-state index in [9.17, 15) is 0 Å². The summed E-state index contributed by atoms with van der Waals surface area (Å²) < 4.78 is 0. The van der Waals surface area contributed by atoms with Crippen LogP contribution < -0.4 is 10.6 Å². The molecule has 20 heavy (non-hydrogen) atoms. The summed E-state index contributed by atoms with van der Waals surface area (Å²) in [7, 11) is 0. The van der Waals surface area contributed by atoms with Crippen molar-refractivity contribution in [3.63, 3.8) is 0 Å². The maximum absolute atomic E-state index is 6.11. The molecular formula is C17H19N3. The number of aliphatic imine (C=N–C) groups is 1. The lowest BCUT2D eigenvalue weighted by molar-refractivity contribution is 0.756. The molecule has 0 spiro atoms. The van der Waals surface area contributed by atoms with Crippen LogP contribution >= 0.6 is 0 Å². The Hall–Kier alpha value is -2.29. The van der Waals surface area contributed by atoms with Crippen LogP contribution in [0.1, 0.15) is 22.7 Å². The van der Waals surface area contributed by atoms with E-state index in [0.717, 1.165) is 5.69 Å². The number of hydrogen-bond donors (Lipinski definition) is 1. The molecule has 3 rings (SSSR count). The molecule has 0 saturated carbocycles. The van der Waals surface area contributed by atoms with E-state index in [1.165, 1.54) is 16.7 Å². The second-order valence-corrected chi connectivity index (χ2v) is 5.23. The van der Waals surface area contributed by atoms with Crippen LogP contribution in [0.25, 0.3) is 0 Å². The van der Waals surface area contributed by atoms with E-state index in [2.05, 4.69) is 54.1 Å². The second kappa shape index (κ2) is 5.00. The maximum Gasteiger partial charge on any atom is 0.196 e. The minimum absolute atomic E-state index is 0.193. The SMILES string of the molecule is Cc1cccc(C)c1C1CN=C(N)N1c1ccccc1. The van der Waals surface area contributed by atoms with Crippen LogP contribution in [0.15, 0.2) is 53.5 Å². The number of hydrogen-bond acceptors (Lipinski definition) is 3. The zero-order valence-electron chi connectivity index (χ0n) is 11.9. The van der Waals surface area contributed by atoms with Gasteiger partial charge in [-0.15, -0.1) is 0 Å². The number of benzene rings is 2. The summed E-state index contributed by atoms with van der Waals surface area (Å²) in [5.41, 5.74) is 11.1. The van der Waals surface area contributed by atoms with Crippen molar-refractivity contribution in [3.8, 4) is 0 Å². The quantitative estimate of drug-likeness (QED) is 0.906. The van der Waals surface area contributed by atoms with Gasteiger partial charge in [0.1, 0.15) is 0 Å². The zero-order valence-corrected chi connectivity index (χ0v) is 11.9. The van der Waals surface area contributed by atoms with E-state index < -0.39 is 0 Å². The molecule has 3 heteroatoms. The summed E-state index contributed by atoms with van der Waals surface area (Å²) in [5.74, 6) is 0.601. The molecule has 0 fully saturated rings. The maximum atomic E-state index is 6.11. The molecule has 1 aliphatic heterocycles. The molecule has 2 aromatic rings. The molecule has 0 amide bonds. The van der Waals surface area contributed by atoms with Gasteiger partial charge in [0.25, 0.3) is 0 Å². The van der Waals surface area contributed by atoms with Gasteiger partial charge in [0.2, 0.25) is 0 Å². The molecule has 102 valence electrons. The summed E-state index contributed by atoms with van der Waals surface area (Å²) in [5, 5.41) is 0. The third-order valence-electron chi connectivity index (χ3n) is 3.89. The van der Waals surface area contributed by atoms with Gasteiger partial charge in [0.05, 0.1) is 12.6 Å². The number of aryl methyl sites for hydroxylation is 2. The predicted octanol–water partition coefficient (Wildman–Crippen LogP) is 3.18. The molecule has 0 radical (unpaired) electrons. The molecule has 1 unspecified atom stereocenters. The highest BCUT2D eigenvalue weighted by Gasteiger charge is 2.30. The average molecular weight is 265 g/mol. The van der Waals surface area contributed by atoms with E-state index in [1.54, 1.807) is 0 Å². The van der Waals surface area contributed by atoms with Crippen LogP contribution in [-0.2, 0) is 0 Å². The van der Waals surface area contributed by atoms with E-state index in [1.807, 2.05) is 18.2 Å². The highest BCUT2D eigenvalue weighted by molar-refractivity contribution is 5.97. The number of nitrogens with zero attached hydrogens (tertiary/aromatic N) is 2. The minimum atomic E-state index is 0.193. The summed E-state index contributed by atoms with van der Waals surface area (Å²) in [6.07, 6.45) is 0. The van der Waals surface area contributed by atoms with Gasteiger partial charge in [-0.05, 0) is 42.7 Å². The van der Waals surface area contributed by atoms with Crippen molar-refractivity contribution in [3.05, 3.63) is 65.2 Å². The molecule has 1 aliphatic rings. The Morgan fingerprint density at radius 2 is 1.65 bits per heavy atom. The smallest absolute Gasteiger partial charge is 0.196 e. The van der Waals surface area contributed by atoms with Crippen molar-refractivity contribution >= 4 is 11.6 Å². The first-order valence-electron chi connectivity index (χ1n) is 6.89. The molecule has 0 bridgehead atoms. The highest BCUT2D eigenvalue weighted by Crippen LogP contribution is 2.34. The van der Waals surface area contributed by atoms with Gasteiger partial charge >= 0.3 is 0 Å². The summed E-state index contributed by atoms with van der Waals surface area (Å²) >= 11 is 0. The van der Waals surface area contributed by atoms with Crippen molar-refractivity contribution in [2.75, 3.05) is 11.4 Å². The highest BCUT2D eigenvalue weighted by atomic mass is 15.3. The third-order valence-corrected chi connectivity index (χ3v) is 3.89. The van der Waals surface area contributed by atoms with E-state index >= 15 is 0 Å². The fraction of sp³-hybridized carbons (Fsp3) is 0.235. The molecule has 0 saturated heterocycles. The number of anilines is 1. The molecule has 3 nitrogen and oxygen atoms in total. The number of rotatable bonds is 2. The Kier molecular flexibility index (Phi) is 3.18. The molecular weight excluding hydrogens is 246 g/mol. The standard InChI is InChI=1S/C17H19N3/c1-12-7-6-8-13(2)16(12)15-11-19-17(18)20(15)14-9-4-3-5-10-14/h3-10,15H,11H2,1-2H3,(H2,18,19). The van der Waals surface area contributed by atoms with Crippen LogP contribution in [-0.4, -0.2) is 12.5 Å². The third kappa shape index (κ3) is 2.05. The Morgan fingerprint density at radius 3 is 2.30 bits per heavy atom. The Balaban J connectivity index is 2.06. The summed E-state index contributed by atoms with van der Waals surface area (Å²) in [4.78, 5) is 6.59. The van der Waals surface area contributed by atoms with Gasteiger partial charge in [0, 0.05) is 5.69 Å². The van der Waals surface area contributed by atoms with Crippen molar-refractivity contribution in [2.45, 2.75) is 19.9 Å². The first-order chi connectivity index (χ1) is 9.68. The summed E-state index contributed by atoms with van der Waals surface area (Å²) in [6, 6.07) is 16.8. The molecule has 1 atom stereocenters. The Labute approximate surface area is 119 Å². The van der Waals surface area contributed by atoms with E-state index in [0.29, 0.717) is 12.5 Å². The van der Waals surface area contributed by atoms with Gasteiger partial charge in [0.15, 0.2) is 5.96 Å². The van der Waals surface area contributed by atoms with Crippen molar-refractivity contribution < 1.29 is 0 Å². The molecule has 2 N–H and O–H groups in total. The molecule has 2 aromatic carbocycles. The van der Waals surface area contributed by atoms with E-state index in [4.69, 9.17) is 5.73 Å². The van der Waals surface area contributed by atoms with Crippen LogP contribution in [0, 0.1) is 13.8 Å². The van der Waals surface area contributed by atoms with Gasteiger partial charge in [-0.1, -0.05) is 36.4 Å². The monoisotopic (exact) mass is 265 g/mol. The van der Waals surface area contributed by atoms with Crippen molar-refractivity contribution in [1.29, 1.82) is 0 Å². The number of guanidine groups is 1. The first kappa shape index (κ1) is 12.7. The van der Waals surface area contributed by atoms with Crippen molar-refractivity contribution in [2.24, 2.45) is 10.7 Å². The number of para-hydroxylation sites is 1. The zero-order chi connectivity index (χ0) is 14.1. The lowest BCUT2D eigenvalue weighted by Gasteiger charge is -2.28. The lowest BCUT2D eigenvalue weighted by Crippen LogP contribution is -2.36. The summed E-state index contributed by atoms with van der Waals surface area (Å²) in [6.45, 7) is 5.02. The second-order valence-electron chi connectivity index (χ2n) is 5.23. The molecule has 1 heterocycles. The van der Waals surface area contributed by atoms with Gasteiger partial charge in [-0.3, -0.25) is 4.99 Å². The normalized spacial score (nSPS) is 18.2. The topological polar surface area (TPSA) is 41.6 Å². The molecule has 0 aliphatic carbocycles. The minimum Gasteiger partial charge on any atom is -0.369 e. The Morgan fingerprint density at radius 1 is 1.00 bits per heavy atom. The predicted molar refractivity (Wildman–Crippen MR) is 84.1 cm³/mol. The van der Waals surface area contributed by atoms with Crippen LogP contribution in [0.3, 0.4) is 0 Å². The lowest BCUT2D eigenvalue weighted by atomic mass is 9.95. The van der Waals surface area contributed by atoms with Crippen molar-refractivity contribution in [1.82, 2.24) is 0 Å². The van der Waals surface area contributed by atoms with Crippen LogP contribution in [0.5, 0.6) is 0 Å². The van der Waals surface area contributed by atoms with Crippen LogP contribution in [0.4, 0.5) is 5.69 Å². The largest absolute Gasteiger partial charge is 0.369 e. The fourth-order valence-corrected chi connectivity index (χ4v) is 2.97. The first-order valence-corrected chi connectivity index (χ1v) is 6.89.